The number of benzene rings is 3. The summed E-state index contributed by atoms with van der Waals surface area (Å²) in [6, 6.07) is 25.4. The Balaban J connectivity index is 1.45. The van der Waals surface area contributed by atoms with Gasteiger partial charge in [0.15, 0.2) is 0 Å². The second-order valence-electron chi connectivity index (χ2n) is 8.51. The summed E-state index contributed by atoms with van der Waals surface area (Å²) in [4.78, 5) is 32.0. The summed E-state index contributed by atoms with van der Waals surface area (Å²) >= 11 is 0. The van der Waals surface area contributed by atoms with E-state index in [1.54, 1.807) is 0 Å². The molecular formula is C28H25N3O2. The lowest BCUT2D eigenvalue weighted by atomic mass is 10.0. The highest BCUT2D eigenvalue weighted by Crippen LogP contribution is 2.26. The molecule has 1 N–H and O–H groups in total. The number of nitrogens with zero attached hydrogens (tertiary/aromatic N) is 2. The van der Waals surface area contributed by atoms with Crippen LogP contribution < -0.4 is 5.32 Å². The predicted molar refractivity (Wildman–Crippen MR) is 131 cm³/mol. The van der Waals surface area contributed by atoms with Gasteiger partial charge in [-0.05, 0) is 43.2 Å². The fourth-order valence-corrected chi connectivity index (χ4v) is 4.27. The minimum absolute atomic E-state index is 0.184. The van der Waals surface area contributed by atoms with Crippen molar-refractivity contribution in [1.29, 1.82) is 0 Å². The Kier molecular flexibility index (Phi) is 5.61. The average molecular weight is 436 g/mol. The monoisotopic (exact) mass is 435 g/mol. The lowest BCUT2D eigenvalue weighted by Gasteiger charge is -2.16. The van der Waals surface area contributed by atoms with Gasteiger partial charge in [0.1, 0.15) is 0 Å². The number of fused-ring (bicyclic) bond motifs is 1. The third-order valence-electron chi connectivity index (χ3n) is 6.04. The van der Waals surface area contributed by atoms with Gasteiger partial charge in [0.2, 0.25) is 5.91 Å². The summed E-state index contributed by atoms with van der Waals surface area (Å²) < 4.78 is 0. The number of pyridine rings is 1. The zero-order chi connectivity index (χ0) is 22.8. The molecule has 2 heterocycles. The van der Waals surface area contributed by atoms with Gasteiger partial charge in [0.25, 0.3) is 5.91 Å². The van der Waals surface area contributed by atoms with Gasteiger partial charge >= 0.3 is 0 Å². The average Bonchev–Trinajstić information content (AvgIpc) is 3.23. The van der Waals surface area contributed by atoms with Gasteiger partial charge in [-0.1, -0.05) is 60.2 Å². The number of likely N-dealkylation sites (tertiary alicyclic amines) is 1. The zero-order valence-corrected chi connectivity index (χ0v) is 18.5. The maximum absolute atomic E-state index is 13.4. The molecule has 1 fully saturated rings. The van der Waals surface area contributed by atoms with Crippen LogP contribution in [0.25, 0.3) is 22.2 Å². The normalized spacial score (nSPS) is 13.5. The van der Waals surface area contributed by atoms with Crippen molar-refractivity contribution >= 4 is 28.4 Å². The molecule has 5 rings (SSSR count). The largest absolute Gasteiger partial charge is 0.338 e. The van der Waals surface area contributed by atoms with Gasteiger partial charge in [0, 0.05) is 36.1 Å². The summed E-state index contributed by atoms with van der Waals surface area (Å²) in [6.07, 6.45) is 1.53. The van der Waals surface area contributed by atoms with E-state index >= 15 is 0 Å². The van der Waals surface area contributed by atoms with Gasteiger partial charge in [0.05, 0.1) is 16.8 Å². The molecular weight excluding hydrogens is 410 g/mol. The Labute approximate surface area is 193 Å². The molecule has 33 heavy (non-hydrogen) atoms. The van der Waals surface area contributed by atoms with Crippen LogP contribution in [0.15, 0.2) is 78.9 Å². The highest BCUT2D eigenvalue weighted by Gasteiger charge is 2.20. The maximum atomic E-state index is 13.4. The number of carbonyl (C=O) groups excluding carboxylic acids is 2. The van der Waals surface area contributed by atoms with Crippen LogP contribution in [0.3, 0.4) is 0 Å². The Morgan fingerprint density at radius 1 is 1.00 bits per heavy atom. The van der Waals surface area contributed by atoms with Gasteiger partial charge in [-0.3, -0.25) is 9.59 Å². The minimum Gasteiger partial charge on any atom is -0.338 e. The molecule has 1 aliphatic heterocycles. The Morgan fingerprint density at radius 2 is 1.82 bits per heavy atom. The summed E-state index contributed by atoms with van der Waals surface area (Å²) in [5, 5.41) is 3.85. The number of anilines is 1. The molecule has 5 heteroatoms. The van der Waals surface area contributed by atoms with Gasteiger partial charge in [-0.2, -0.15) is 0 Å². The number of rotatable bonds is 5. The van der Waals surface area contributed by atoms with E-state index in [1.165, 1.54) is 5.56 Å². The number of hydrogen-bond acceptors (Lipinski definition) is 3. The maximum Gasteiger partial charge on any atom is 0.256 e. The number of aryl methyl sites for hydroxylation is 1. The highest BCUT2D eigenvalue weighted by atomic mass is 16.2. The van der Waals surface area contributed by atoms with E-state index in [9.17, 15) is 9.59 Å². The molecule has 164 valence electrons. The van der Waals surface area contributed by atoms with E-state index in [0.717, 1.165) is 40.7 Å². The molecule has 4 aromatic rings. The third-order valence-corrected chi connectivity index (χ3v) is 6.04. The lowest BCUT2D eigenvalue weighted by molar-refractivity contribution is -0.128. The molecule has 0 bridgehead atoms. The molecule has 0 spiro atoms. The molecule has 0 unspecified atom stereocenters. The molecule has 0 aliphatic carbocycles. The van der Waals surface area contributed by atoms with Crippen LogP contribution in [0, 0.1) is 6.92 Å². The van der Waals surface area contributed by atoms with E-state index in [1.807, 2.05) is 90.7 Å². The van der Waals surface area contributed by atoms with Crippen molar-refractivity contribution in [2.45, 2.75) is 26.3 Å². The van der Waals surface area contributed by atoms with Crippen molar-refractivity contribution in [2.24, 2.45) is 0 Å². The topological polar surface area (TPSA) is 62.3 Å². The Hall–Kier alpha value is -3.99. The third kappa shape index (κ3) is 4.48. The van der Waals surface area contributed by atoms with Crippen LogP contribution in [-0.2, 0) is 11.3 Å². The summed E-state index contributed by atoms with van der Waals surface area (Å²) in [7, 11) is 0. The van der Waals surface area contributed by atoms with Crippen LogP contribution in [-0.4, -0.2) is 28.2 Å². The van der Waals surface area contributed by atoms with E-state index < -0.39 is 0 Å². The van der Waals surface area contributed by atoms with Crippen molar-refractivity contribution in [2.75, 3.05) is 11.9 Å². The second-order valence-corrected chi connectivity index (χ2v) is 8.51. The predicted octanol–water partition coefficient (Wildman–Crippen LogP) is 5.58. The fraction of sp³-hybridized carbons (Fsp3) is 0.179. The van der Waals surface area contributed by atoms with Crippen LogP contribution in [0.2, 0.25) is 0 Å². The van der Waals surface area contributed by atoms with Gasteiger partial charge in [-0.15, -0.1) is 0 Å². The SMILES string of the molecule is Cc1ccc(-c2cc(C(=O)Nc3cccc(CN4CCCC4=O)c3)c3ccccc3n2)cc1. The molecule has 2 amide bonds. The van der Waals surface area contributed by atoms with Crippen LogP contribution in [0.5, 0.6) is 0 Å². The van der Waals surface area contributed by atoms with Crippen molar-refractivity contribution in [3.8, 4) is 11.3 Å². The molecule has 0 radical (unpaired) electrons. The van der Waals surface area contributed by atoms with Crippen molar-refractivity contribution in [3.63, 3.8) is 0 Å². The molecule has 1 aromatic heterocycles. The van der Waals surface area contributed by atoms with Crippen LogP contribution >= 0.6 is 0 Å². The highest BCUT2D eigenvalue weighted by molar-refractivity contribution is 6.13. The fourth-order valence-electron chi connectivity index (χ4n) is 4.27. The lowest BCUT2D eigenvalue weighted by Crippen LogP contribution is -2.23. The Morgan fingerprint density at radius 3 is 2.61 bits per heavy atom. The van der Waals surface area contributed by atoms with Crippen molar-refractivity contribution in [1.82, 2.24) is 9.88 Å². The summed E-state index contributed by atoms with van der Waals surface area (Å²) in [5.41, 5.74) is 5.98. The second kappa shape index (κ2) is 8.87. The number of aromatic nitrogens is 1. The number of nitrogens with one attached hydrogen (secondary N) is 1. The molecule has 0 saturated carbocycles. The first-order valence-corrected chi connectivity index (χ1v) is 11.2. The molecule has 1 aliphatic rings. The van der Waals surface area contributed by atoms with Crippen LogP contribution in [0.1, 0.15) is 34.3 Å². The zero-order valence-electron chi connectivity index (χ0n) is 18.5. The van der Waals surface area contributed by atoms with E-state index in [-0.39, 0.29) is 11.8 Å². The van der Waals surface area contributed by atoms with Gasteiger partial charge < -0.3 is 10.2 Å². The molecule has 0 atom stereocenters. The number of hydrogen-bond donors (Lipinski definition) is 1. The van der Waals surface area contributed by atoms with E-state index in [4.69, 9.17) is 4.98 Å². The first-order chi connectivity index (χ1) is 16.1. The smallest absolute Gasteiger partial charge is 0.256 e. The molecule has 3 aromatic carbocycles. The summed E-state index contributed by atoms with van der Waals surface area (Å²) in [6.45, 7) is 3.41. The Bertz CT molecular complexity index is 1350. The van der Waals surface area contributed by atoms with E-state index in [2.05, 4.69) is 5.32 Å². The quantitative estimate of drug-likeness (QED) is 0.445. The minimum atomic E-state index is -0.184. The molecule has 5 nitrogen and oxygen atoms in total. The van der Waals surface area contributed by atoms with Crippen LogP contribution in [0.4, 0.5) is 5.69 Å². The number of para-hydroxylation sites is 1. The standard InChI is InChI=1S/C28H25N3O2/c1-19-11-13-21(14-12-19)26-17-24(23-8-2-3-9-25(23)30-26)28(33)29-22-7-4-6-20(16-22)18-31-15-5-10-27(31)32/h2-4,6-9,11-14,16-17H,5,10,15,18H2,1H3,(H,29,33). The first kappa shape index (κ1) is 20.9. The number of amides is 2. The molecule has 1 saturated heterocycles. The van der Waals surface area contributed by atoms with Gasteiger partial charge in [-0.25, -0.2) is 4.98 Å². The first-order valence-electron chi connectivity index (χ1n) is 11.2. The van der Waals surface area contributed by atoms with Crippen molar-refractivity contribution in [3.05, 3.63) is 95.6 Å². The van der Waals surface area contributed by atoms with Crippen molar-refractivity contribution < 1.29 is 9.59 Å². The summed E-state index contributed by atoms with van der Waals surface area (Å²) in [5.74, 6) is 0.00712. The van der Waals surface area contributed by atoms with E-state index in [0.29, 0.717) is 24.2 Å². The number of carbonyl (C=O) groups is 2.